The molecule has 9 N–H and O–H groups in total. The molecule has 0 bridgehead atoms. The van der Waals surface area contributed by atoms with Crippen LogP contribution in [-0.2, 0) is 56.7 Å². The van der Waals surface area contributed by atoms with Gasteiger partial charge >= 0.3 is 12.1 Å². The summed E-state index contributed by atoms with van der Waals surface area (Å²) in [4.78, 5) is 34.9. The Morgan fingerprint density at radius 2 is 1.50 bits per heavy atom. The summed E-state index contributed by atoms with van der Waals surface area (Å²) in [6, 6.07) is 4.35. The fraction of sp³-hybridized carbons (Fsp3) is 0.417. The van der Waals surface area contributed by atoms with Crippen molar-refractivity contribution >= 4 is 76.8 Å². The number of benzene rings is 2. The highest BCUT2D eigenvalue weighted by atomic mass is 32.2. The van der Waals surface area contributed by atoms with Gasteiger partial charge in [0.05, 0.1) is 29.8 Å². The number of aryl methyl sites for hydroxylation is 2. The zero-order valence-corrected chi connectivity index (χ0v) is 34.7. The van der Waals surface area contributed by atoms with Gasteiger partial charge in [-0.3, -0.25) is 5.10 Å². The molecule has 2 aliphatic carbocycles. The van der Waals surface area contributed by atoms with Crippen LogP contribution >= 0.6 is 22.7 Å². The molecule has 16 nitrogen and oxygen atoms in total. The molecule has 0 spiro atoms. The lowest BCUT2D eigenvalue weighted by atomic mass is 9.88. The Labute approximate surface area is 332 Å². The van der Waals surface area contributed by atoms with E-state index in [0.717, 1.165) is 76.0 Å². The molecule has 7 rings (SSSR count). The van der Waals surface area contributed by atoms with Crippen LogP contribution in [0.15, 0.2) is 53.9 Å². The molecule has 0 saturated heterocycles. The van der Waals surface area contributed by atoms with Crippen LogP contribution in [-0.4, -0.2) is 50.9 Å². The molecule has 0 fully saturated rings. The number of nitrogens with two attached hydrogens (primary N) is 2. The lowest BCUT2D eigenvalue weighted by Crippen LogP contribution is -2.18. The molecular weight excluding hydrogens is 797 g/mol. The second-order valence-corrected chi connectivity index (χ2v) is 21.4. The number of hydrogen-bond donors (Lipinski definition) is 7. The molecule has 4 amide bonds. The molecule has 5 aromatic rings. The predicted molar refractivity (Wildman–Crippen MR) is 217 cm³/mol. The van der Waals surface area contributed by atoms with E-state index in [1.807, 2.05) is 12.1 Å². The van der Waals surface area contributed by atoms with Gasteiger partial charge in [0.15, 0.2) is 19.8 Å². The van der Waals surface area contributed by atoms with Crippen LogP contribution in [0.2, 0.25) is 0 Å². The van der Waals surface area contributed by atoms with Crippen LogP contribution in [0.4, 0.5) is 21.0 Å². The minimum atomic E-state index is -3.67. The van der Waals surface area contributed by atoms with Gasteiger partial charge in [0.1, 0.15) is 29.6 Å². The molecule has 2 aliphatic rings. The second kappa shape index (κ2) is 14.7. The maximum Gasteiger partial charge on any atom is 0.354 e. The standard InChI is InChI=1S/C36H44N10O6S4/c1-18-20(11-9-19-10-12-22-15-41-44-29(22)28(19)42-33(47)45-55(37,51)26-16-39-31(53-26)35(2,3)49)13-25-24(18)14-21-7-6-8-23(21)30(25)43-34(48)46-56(38,52)27-17-40-32(54-27)36(4,5)50/h10,12,14-18,20,49-50H,6-9,11,13H2,1-5H3,(H,41,44)(H3,37,42,45,47,51)(H3,38,43,46,48,52). The Morgan fingerprint density at radius 1 is 0.911 bits per heavy atom. The number of anilines is 2. The van der Waals surface area contributed by atoms with Crippen molar-refractivity contribution in [3.8, 4) is 0 Å². The monoisotopic (exact) mass is 840 g/mol. The van der Waals surface area contributed by atoms with Gasteiger partial charge in [0, 0.05) is 11.1 Å². The maximum atomic E-state index is 13.4. The number of carbonyl (C=O) groups is 2. The Balaban J connectivity index is 1.12. The predicted octanol–water partition coefficient (Wildman–Crippen LogP) is 6.19. The summed E-state index contributed by atoms with van der Waals surface area (Å²) in [6.07, 6.45) is 8.74. The van der Waals surface area contributed by atoms with Crippen molar-refractivity contribution in [3.05, 3.63) is 74.6 Å². The topological polar surface area (TPSA) is 264 Å². The van der Waals surface area contributed by atoms with Crippen LogP contribution in [0.3, 0.4) is 0 Å². The summed E-state index contributed by atoms with van der Waals surface area (Å²) in [6.45, 7) is 8.36. The Kier molecular flexibility index (Phi) is 10.5. The molecule has 0 aliphatic heterocycles. The lowest BCUT2D eigenvalue weighted by molar-refractivity contribution is 0.0777. The van der Waals surface area contributed by atoms with E-state index in [2.05, 4.69) is 52.5 Å². The molecule has 4 unspecified atom stereocenters. The van der Waals surface area contributed by atoms with Crippen LogP contribution in [0.5, 0.6) is 0 Å². The van der Waals surface area contributed by atoms with Crippen molar-refractivity contribution < 1.29 is 28.2 Å². The fourth-order valence-corrected chi connectivity index (χ4v) is 11.5. The normalized spacial score (nSPS) is 18.9. The third kappa shape index (κ3) is 8.01. The number of aromatic amines is 1. The number of hydrogen-bond acceptors (Lipinski definition) is 11. The van der Waals surface area contributed by atoms with E-state index in [-0.39, 0.29) is 20.3 Å². The second-order valence-electron chi connectivity index (χ2n) is 15.3. The summed E-state index contributed by atoms with van der Waals surface area (Å²) >= 11 is 1.88. The first-order valence-corrected chi connectivity index (χ1v) is 22.7. The largest absolute Gasteiger partial charge is 0.383 e. The number of thiazole rings is 2. The fourth-order valence-electron chi connectivity index (χ4n) is 7.33. The number of nitrogens with zero attached hydrogens (tertiary/aromatic N) is 5. The Bertz CT molecular complexity index is 2630. The summed E-state index contributed by atoms with van der Waals surface area (Å²) in [7, 11) is -7.30. The minimum absolute atomic E-state index is 0.0620. The summed E-state index contributed by atoms with van der Waals surface area (Å²) in [5.41, 5.74) is 4.36. The zero-order chi connectivity index (χ0) is 40.4. The van der Waals surface area contributed by atoms with Crippen LogP contribution in [0, 0.1) is 5.92 Å². The van der Waals surface area contributed by atoms with Gasteiger partial charge in [-0.15, -0.1) is 31.4 Å². The van der Waals surface area contributed by atoms with E-state index in [1.165, 1.54) is 31.8 Å². The van der Waals surface area contributed by atoms with Crippen LogP contribution in [0.25, 0.3) is 10.9 Å². The van der Waals surface area contributed by atoms with Gasteiger partial charge in [-0.25, -0.2) is 38.3 Å². The van der Waals surface area contributed by atoms with E-state index in [1.54, 1.807) is 20.0 Å². The number of H-pyrrole nitrogens is 1. The summed E-state index contributed by atoms with van der Waals surface area (Å²) in [5.74, 6) is 0.305. The maximum absolute atomic E-state index is 13.4. The minimum Gasteiger partial charge on any atom is -0.383 e. The molecule has 3 aromatic heterocycles. The first-order valence-electron chi connectivity index (χ1n) is 17.9. The highest BCUT2D eigenvalue weighted by Crippen LogP contribution is 2.47. The van der Waals surface area contributed by atoms with Crippen LogP contribution < -0.4 is 20.9 Å². The van der Waals surface area contributed by atoms with Gasteiger partial charge in [0.2, 0.25) is 0 Å². The van der Waals surface area contributed by atoms with Crippen LogP contribution in [0.1, 0.15) is 91.2 Å². The van der Waals surface area contributed by atoms with Gasteiger partial charge < -0.3 is 20.8 Å². The molecule has 3 heterocycles. The van der Waals surface area contributed by atoms with Crippen molar-refractivity contribution in [2.45, 2.75) is 98.7 Å². The summed E-state index contributed by atoms with van der Waals surface area (Å²) < 4.78 is 34.6. The summed E-state index contributed by atoms with van der Waals surface area (Å²) in [5, 5.41) is 46.9. The highest BCUT2D eigenvalue weighted by Gasteiger charge is 2.35. The molecule has 56 heavy (non-hydrogen) atoms. The molecule has 4 atom stereocenters. The quantitative estimate of drug-likeness (QED) is 0.0890. The number of rotatable bonds is 9. The molecule has 20 heteroatoms. The van der Waals surface area contributed by atoms with Crippen molar-refractivity contribution in [2.75, 3.05) is 10.6 Å². The molecule has 298 valence electrons. The van der Waals surface area contributed by atoms with Gasteiger partial charge in [-0.2, -0.15) is 5.10 Å². The van der Waals surface area contributed by atoms with Crippen molar-refractivity contribution in [1.82, 2.24) is 20.2 Å². The van der Waals surface area contributed by atoms with Gasteiger partial charge in [0.25, 0.3) is 0 Å². The lowest BCUT2D eigenvalue weighted by Gasteiger charge is -2.18. The first kappa shape index (κ1) is 40.1. The Hall–Kier alpha value is -4.15. The van der Waals surface area contributed by atoms with Crippen molar-refractivity contribution in [3.63, 3.8) is 0 Å². The molecule has 2 aromatic carbocycles. The SMILES string of the molecule is CC1c2cc3c(c(NC(=O)N=S(N)(=O)c4cnc(C(C)(C)O)s4)c2CC1CCc1ccc2cn[nH]c2c1NC(=O)N=S(N)(=O)c1cnc(C(C)(C)O)s1)CCC3. The highest BCUT2D eigenvalue weighted by molar-refractivity contribution is 7.94. The zero-order valence-electron chi connectivity index (χ0n) is 31.4. The third-order valence-corrected chi connectivity index (χ3v) is 16.6. The average Bonchev–Trinajstić information content (AvgIpc) is 3.94. The van der Waals surface area contributed by atoms with E-state index in [0.29, 0.717) is 39.7 Å². The smallest absolute Gasteiger partial charge is 0.354 e. The number of aliphatic hydroxyl groups is 2. The number of aromatic nitrogens is 4. The average molecular weight is 841 g/mol. The van der Waals surface area contributed by atoms with Gasteiger partial charge in [-0.1, -0.05) is 25.1 Å². The van der Waals surface area contributed by atoms with Crippen molar-refractivity contribution in [2.24, 2.45) is 24.9 Å². The number of urea groups is 2. The van der Waals surface area contributed by atoms with Gasteiger partial charge in [-0.05, 0) is 106 Å². The number of carbonyl (C=O) groups excluding carboxylic acids is 2. The number of nitrogens with one attached hydrogen (secondary N) is 3. The van der Waals surface area contributed by atoms with E-state index in [9.17, 15) is 28.2 Å². The number of fused-ring (bicyclic) bond motifs is 3. The Morgan fingerprint density at radius 3 is 2.07 bits per heavy atom. The molecule has 0 radical (unpaired) electrons. The van der Waals surface area contributed by atoms with E-state index < -0.39 is 43.1 Å². The molecule has 0 saturated carbocycles. The third-order valence-electron chi connectivity index (χ3n) is 10.2. The van der Waals surface area contributed by atoms with E-state index in [4.69, 9.17) is 10.3 Å². The molecular formula is C36H44N10O6S4. The first-order chi connectivity index (χ1) is 26.2. The number of amides is 4. The van der Waals surface area contributed by atoms with E-state index >= 15 is 0 Å². The van der Waals surface area contributed by atoms with Crippen molar-refractivity contribution in [1.29, 1.82) is 0 Å².